The van der Waals surface area contributed by atoms with Crippen molar-refractivity contribution in [2.24, 2.45) is 0 Å². The van der Waals surface area contributed by atoms with Gasteiger partial charge in [-0.3, -0.25) is 19.2 Å². The fourth-order valence-electron chi connectivity index (χ4n) is 5.40. The largest absolute Gasteiger partial charge is 0.457 e. The van der Waals surface area contributed by atoms with Crippen molar-refractivity contribution in [1.29, 1.82) is 0 Å². The molecular formula is C46H37N3O5. The first-order chi connectivity index (χ1) is 26.2. The molecule has 0 saturated carbocycles. The van der Waals surface area contributed by atoms with E-state index >= 15 is 0 Å². The van der Waals surface area contributed by atoms with Crippen molar-refractivity contribution in [3.05, 3.63) is 197 Å². The molecule has 0 aliphatic rings. The summed E-state index contributed by atoms with van der Waals surface area (Å²) in [4.78, 5) is 53.8. The van der Waals surface area contributed by atoms with Crippen LogP contribution in [0.3, 0.4) is 0 Å². The van der Waals surface area contributed by atoms with Gasteiger partial charge in [0.1, 0.15) is 11.5 Å². The number of ether oxygens (including phenoxy) is 1. The Kier molecular flexibility index (Phi) is 11.7. The number of nitrogens with zero attached hydrogens (tertiary/aromatic N) is 1. The standard InChI is InChI=1S/C46H37N3O5/c1-49(2)40-23-17-33(18-24-40)20-28-44(51)36-12-7-15-39(30-36)48-46(53)37-13-8-16-42(31-37)54-41-25-21-34(22-26-41)45(52)47-38-14-6-11-35(29-38)43(50)27-19-32-9-4-3-5-10-32/h3-31H,1-2H3,(H,47,52)(H,48,53)/b27-19+,28-20+. The minimum absolute atomic E-state index is 0.175. The maximum absolute atomic E-state index is 13.2. The Morgan fingerprint density at radius 3 is 1.57 bits per heavy atom. The van der Waals surface area contributed by atoms with E-state index in [2.05, 4.69) is 10.6 Å². The zero-order valence-electron chi connectivity index (χ0n) is 29.7. The number of anilines is 3. The molecule has 0 aliphatic heterocycles. The number of carbonyl (C=O) groups excluding carboxylic acids is 4. The van der Waals surface area contributed by atoms with Crippen molar-refractivity contribution in [1.82, 2.24) is 0 Å². The molecule has 0 radical (unpaired) electrons. The van der Waals surface area contributed by atoms with Crippen LogP contribution in [0.15, 0.2) is 164 Å². The van der Waals surface area contributed by atoms with E-state index in [-0.39, 0.29) is 23.4 Å². The van der Waals surface area contributed by atoms with Crippen LogP contribution < -0.4 is 20.3 Å². The number of rotatable bonds is 13. The summed E-state index contributed by atoms with van der Waals surface area (Å²) >= 11 is 0. The van der Waals surface area contributed by atoms with Gasteiger partial charge in [-0.05, 0) is 102 Å². The molecule has 0 unspecified atom stereocenters. The van der Waals surface area contributed by atoms with Gasteiger partial charge in [0.05, 0.1) is 0 Å². The van der Waals surface area contributed by atoms with Crippen molar-refractivity contribution >= 4 is 52.6 Å². The van der Waals surface area contributed by atoms with E-state index in [0.29, 0.717) is 45.1 Å². The monoisotopic (exact) mass is 711 g/mol. The SMILES string of the molecule is CN(C)c1ccc(/C=C/C(=O)c2cccc(NC(=O)c3cccc(Oc4ccc(C(=O)Nc5cccc(C(=O)/C=C/c6ccccc6)c5)cc4)c3)c2)cc1. The van der Waals surface area contributed by atoms with Gasteiger partial charge in [-0.25, -0.2) is 0 Å². The van der Waals surface area contributed by atoms with Gasteiger partial charge < -0.3 is 20.3 Å². The van der Waals surface area contributed by atoms with E-state index in [1.807, 2.05) is 73.6 Å². The Labute approximate surface area is 314 Å². The minimum atomic E-state index is -0.369. The lowest BCUT2D eigenvalue weighted by Crippen LogP contribution is -2.12. The third kappa shape index (κ3) is 9.92. The molecule has 8 nitrogen and oxygen atoms in total. The van der Waals surface area contributed by atoms with Gasteiger partial charge >= 0.3 is 0 Å². The summed E-state index contributed by atoms with van der Waals surface area (Å²) in [5.74, 6) is -0.182. The summed E-state index contributed by atoms with van der Waals surface area (Å²) in [7, 11) is 3.94. The van der Waals surface area contributed by atoms with E-state index < -0.39 is 0 Å². The molecule has 6 rings (SSSR count). The fraction of sp³-hybridized carbons (Fsp3) is 0.0435. The lowest BCUT2D eigenvalue weighted by molar-refractivity contribution is 0.101. The summed E-state index contributed by atoms with van der Waals surface area (Å²) in [6.07, 6.45) is 6.53. The van der Waals surface area contributed by atoms with Crippen molar-refractivity contribution in [2.45, 2.75) is 0 Å². The molecule has 2 N–H and O–H groups in total. The van der Waals surface area contributed by atoms with Gasteiger partial charge in [0, 0.05) is 53.4 Å². The predicted molar refractivity (Wildman–Crippen MR) is 216 cm³/mol. The predicted octanol–water partition coefficient (Wildman–Crippen LogP) is 9.84. The molecule has 0 spiro atoms. The summed E-state index contributed by atoms with van der Waals surface area (Å²) in [6, 6.07) is 44.2. The quantitative estimate of drug-likeness (QED) is 0.0913. The Morgan fingerprint density at radius 1 is 0.481 bits per heavy atom. The maximum Gasteiger partial charge on any atom is 0.255 e. The molecule has 6 aromatic rings. The minimum Gasteiger partial charge on any atom is -0.457 e. The van der Waals surface area contributed by atoms with Gasteiger partial charge in [0.2, 0.25) is 0 Å². The normalized spacial score (nSPS) is 10.9. The highest BCUT2D eigenvalue weighted by Gasteiger charge is 2.12. The van der Waals surface area contributed by atoms with Gasteiger partial charge in [0.25, 0.3) is 11.8 Å². The molecule has 0 fully saturated rings. The molecular weight excluding hydrogens is 675 g/mol. The molecule has 0 aromatic heterocycles. The number of allylic oxidation sites excluding steroid dienone is 2. The van der Waals surface area contributed by atoms with Crippen LogP contribution in [0.25, 0.3) is 12.2 Å². The molecule has 0 atom stereocenters. The average Bonchev–Trinajstić information content (AvgIpc) is 3.20. The van der Waals surface area contributed by atoms with Crippen LogP contribution in [0.4, 0.5) is 17.1 Å². The van der Waals surface area contributed by atoms with Crippen LogP contribution >= 0.6 is 0 Å². The molecule has 0 bridgehead atoms. The first-order valence-electron chi connectivity index (χ1n) is 17.2. The number of hydrogen-bond donors (Lipinski definition) is 2. The Bertz CT molecular complexity index is 2350. The molecule has 2 amide bonds. The third-order valence-electron chi connectivity index (χ3n) is 8.32. The molecule has 0 heterocycles. The lowest BCUT2D eigenvalue weighted by Gasteiger charge is -2.11. The summed E-state index contributed by atoms with van der Waals surface area (Å²) in [6.45, 7) is 0. The maximum atomic E-state index is 13.2. The van der Waals surface area contributed by atoms with Gasteiger partial charge in [-0.1, -0.05) is 84.9 Å². The van der Waals surface area contributed by atoms with Gasteiger partial charge in [-0.2, -0.15) is 0 Å². The second kappa shape index (κ2) is 17.3. The smallest absolute Gasteiger partial charge is 0.255 e. The van der Waals surface area contributed by atoms with Crippen molar-refractivity contribution in [3.63, 3.8) is 0 Å². The first-order valence-corrected chi connectivity index (χ1v) is 17.2. The molecule has 8 heteroatoms. The first kappa shape index (κ1) is 36.5. The Hall–Kier alpha value is -7.32. The number of ketones is 2. The van der Waals surface area contributed by atoms with Crippen molar-refractivity contribution < 1.29 is 23.9 Å². The van der Waals surface area contributed by atoms with E-state index in [1.54, 1.807) is 109 Å². The summed E-state index contributed by atoms with van der Waals surface area (Å²) in [5, 5.41) is 5.70. The van der Waals surface area contributed by atoms with E-state index in [0.717, 1.165) is 16.8 Å². The highest BCUT2D eigenvalue weighted by atomic mass is 16.5. The number of hydrogen-bond acceptors (Lipinski definition) is 6. The van der Waals surface area contributed by atoms with Crippen LogP contribution in [-0.4, -0.2) is 37.5 Å². The molecule has 54 heavy (non-hydrogen) atoms. The van der Waals surface area contributed by atoms with Crippen LogP contribution in [0.1, 0.15) is 52.6 Å². The number of benzene rings is 6. The molecule has 0 saturated heterocycles. The zero-order valence-corrected chi connectivity index (χ0v) is 29.7. The van der Waals surface area contributed by atoms with Gasteiger partial charge in [-0.15, -0.1) is 0 Å². The second-order valence-electron chi connectivity index (χ2n) is 12.5. The summed E-state index contributed by atoms with van der Waals surface area (Å²) < 4.78 is 5.99. The van der Waals surface area contributed by atoms with E-state index in [9.17, 15) is 19.2 Å². The molecule has 6 aromatic carbocycles. The Morgan fingerprint density at radius 2 is 1.00 bits per heavy atom. The zero-order chi connectivity index (χ0) is 37.9. The lowest BCUT2D eigenvalue weighted by atomic mass is 10.1. The van der Waals surface area contributed by atoms with Crippen LogP contribution in [0.2, 0.25) is 0 Å². The fourth-order valence-corrected chi connectivity index (χ4v) is 5.40. The van der Waals surface area contributed by atoms with Crippen molar-refractivity contribution in [3.8, 4) is 11.5 Å². The number of nitrogens with one attached hydrogen (secondary N) is 2. The molecule has 266 valence electrons. The Balaban J connectivity index is 1.03. The van der Waals surface area contributed by atoms with E-state index in [4.69, 9.17) is 4.74 Å². The average molecular weight is 712 g/mol. The number of amides is 2. The van der Waals surface area contributed by atoms with E-state index in [1.165, 1.54) is 12.2 Å². The topological polar surface area (TPSA) is 105 Å². The second-order valence-corrected chi connectivity index (χ2v) is 12.5. The van der Waals surface area contributed by atoms with Crippen LogP contribution in [0, 0.1) is 0 Å². The van der Waals surface area contributed by atoms with Crippen molar-refractivity contribution in [2.75, 3.05) is 29.6 Å². The number of carbonyl (C=O) groups is 4. The summed E-state index contributed by atoms with van der Waals surface area (Å²) in [5.41, 5.74) is 5.51. The highest BCUT2D eigenvalue weighted by molar-refractivity contribution is 6.10. The highest BCUT2D eigenvalue weighted by Crippen LogP contribution is 2.24. The van der Waals surface area contributed by atoms with Gasteiger partial charge in [0.15, 0.2) is 11.6 Å². The third-order valence-corrected chi connectivity index (χ3v) is 8.32. The van der Waals surface area contributed by atoms with Crippen LogP contribution in [-0.2, 0) is 0 Å². The molecule has 0 aliphatic carbocycles. The van der Waals surface area contributed by atoms with Crippen LogP contribution in [0.5, 0.6) is 11.5 Å².